The second-order valence-corrected chi connectivity index (χ2v) is 6.69. The minimum Gasteiger partial charge on any atom is -0.390 e. The summed E-state index contributed by atoms with van der Waals surface area (Å²) in [5, 5.41) is 13.3. The van der Waals surface area contributed by atoms with Gasteiger partial charge < -0.3 is 15.3 Å². The van der Waals surface area contributed by atoms with Gasteiger partial charge in [0.05, 0.1) is 12.1 Å². The number of fused-ring (bicyclic) bond motifs is 2. The molecule has 128 valence electrons. The molecule has 2 aromatic rings. The van der Waals surface area contributed by atoms with E-state index in [1.807, 2.05) is 36.4 Å². The van der Waals surface area contributed by atoms with Crippen LogP contribution in [0.3, 0.4) is 0 Å². The van der Waals surface area contributed by atoms with Crippen LogP contribution in [0.25, 0.3) is 0 Å². The van der Waals surface area contributed by atoms with E-state index < -0.39 is 6.10 Å². The molecule has 2 amide bonds. The molecule has 0 radical (unpaired) electrons. The molecule has 4 rings (SSSR count). The molecule has 2 aliphatic rings. The van der Waals surface area contributed by atoms with Gasteiger partial charge in [-0.2, -0.15) is 0 Å². The molecule has 2 unspecified atom stereocenters. The summed E-state index contributed by atoms with van der Waals surface area (Å²) in [6.45, 7) is 2.21. The van der Waals surface area contributed by atoms with Gasteiger partial charge in [0.15, 0.2) is 0 Å². The van der Waals surface area contributed by atoms with Crippen molar-refractivity contribution in [1.82, 2.24) is 5.32 Å². The van der Waals surface area contributed by atoms with Gasteiger partial charge in [0.25, 0.3) is 5.91 Å². The maximum atomic E-state index is 12.7. The summed E-state index contributed by atoms with van der Waals surface area (Å²) in [4.78, 5) is 26.0. The molecule has 0 saturated carbocycles. The first kappa shape index (κ1) is 15.8. The average Bonchev–Trinajstić information content (AvgIpc) is 3.16. The predicted molar refractivity (Wildman–Crippen MR) is 94.5 cm³/mol. The van der Waals surface area contributed by atoms with Gasteiger partial charge in [-0.3, -0.25) is 9.59 Å². The fourth-order valence-electron chi connectivity index (χ4n) is 3.84. The fourth-order valence-corrected chi connectivity index (χ4v) is 3.84. The van der Waals surface area contributed by atoms with Gasteiger partial charge >= 0.3 is 0 Å². The Labute approximate surface area is 146 Å². The van der Waals surface area contributed by atoms with Crippen LogP contribution in [0.1, 0.15) is 40.0 Å². The number of benzene rings is 2. The molecule has 2 N–H and O–H groups in total. The van der Waals surface area contributed by atoms with Crippen molar-refractivity contribution in [1.29, 1.82) is 0 Å². The normalized spacial score (nSPS) is 21.0. The molecule has 0 fully saturated rings. The highest BCUT2D eigenvalue weighted by Crippen LogP contribution is 2.32. The first-order valence-corrected chi connectivity index (χ1v) is 8.52. The standard InChI is InChI=1S/C20H20N2O3/c1-12(23)22-9-8-14-10-15(6-7-17(14)22)20(25)21-19-16-5-3-2-4-13(16)11-18(19)24/h2-7,10,18-19,24H,8-9,11H2,1H3,(H,21,25). The van der Waals surface area contributed by atoms with Crippen LogP contribution >= 0.6 is 0 Å². The Morgan fingerprint density at radius 3 is 2.76 bits per heavy atom. The van der Waals surface area contributed by atoms with Crippen molar-refractivity contribution in [3.63, 3.8) is 0 Å². The quantitative estimate of drug-likeness (QED) is 0.881. The number of nitrogens with one attached hydrogen (secondary N) is 1. The third kappa shape index (κ3) is 2.70. The van der Waals surface area contributed by atoms with Crippen molar-refractivity contribution >= 4 is 17.5 Å². The molecule has 5 nitrogen and oxygen atoms in total. The van der Waals surface area contributed by atoms with E-state index >= 15 is 0 Å². The highest BCUT2D eigenvalue weighted by atomic mass is 16.3. The van der Waals surface area contributed by atoms with E-state index in [0.29, 0.717) is 18.5 Å². The van der Waals surface area contributed by atoms with Gasteiger partial charge in [0.2, 0.25) is 5.91 Å². The maximum absolute atomic E-state index is 12.7. The van der Waals surface area contributed by atoms with Crippen LogP contribution in [0.4, 0.5) is 5.69 Å². The summed E-state index contributed by atoms with van der Waals surface area (Å²) in [5.41, 5.74) is 4.50. The summed E-state index contributed by atoms with van der Waals surface area (Å²) in [6, 6.07) is 12.8. The number of anilines is 1. The van der Waals surface area contributed by atoms with E-state index in [4.69, 9.17) is 0 Å². The number of nitrogens with zero attached hydrogens (tertiary/aromatic N) is 1. The Balaban J connectivity index is 1.56. The van der Waals surface area contributed by atoms with Gasteiger partial charge in [0.1, 0.15) is 0 Å². The zero-order valence-electron chi connectivity index (χ0n) is 14.0. The molecule has 1 aliphatic carbocycles. The van der Waals surface area contributed by atoms with Gasteiger partial charge in [0, 0.05) is 31.1 Å². The van der Waals surface area contributed by atoms with Gasteiger partial charge in [-0.05, 0) is 41.3 Å². The first-order chi connectivity index (χ1) is 12.0. The smallest absolute Gasteiger partial charge is 0.251 e. The van der Waals surface area contributed by atoms with Crippen LogP contribution in [0, 0.1) is 0 Å². The molecule has 25 heavy (non-hydrogen) atoms. The third-order valence-electron chi connectivity index (χ3n) is 5.11. The molecule has 1 heterocycles. The Kier molecular flexibility index (Phi) is 3.81. The molecule has 0 bridgehead atoms. The molecule has 2 atom stereocenters. The minimum atomic E-state index is -0.607. The lowest BCUT2D eigenvalue weighted by molar-refractivity contribution is -0.116. The molecule has 0 saturated heterocycles. The third-order valence-corrected chi connectivity index (χ3v) is 5.11. The lowest BCUT2D eigenvalue weighted by Gasteiger charge is -2.19. The van der Waals surface area contributed by atoms with E-state index in [1.54, 1.807) is 17.9 Å². The van der Waals surface area contributed by atoms with Crippen molar-refractivity contribution in [2.24, 2.45) is 0 Å². The SMILES string of the molecule is CC(=O)N1CCc2cc(C(=O)NC3c4ccccc4CC3O)ccc21. The second-order valence-electron chi connectivity index (χ2n) is 6.69. The zero-order chi connectivity index (χ0) is 17.6. The topological polar surface area (TPSA) is 69.6 Å². The number of carbonyl (C=O) groups excluding carboxylic acids is 2. The number of hydrogen-bond acceptors (Lipinski definition) is 3. The molecule has 5 heteroatoms. The summed E-state index contributed by atoms with van der Waals surface area (Å²) in [6.07, 6.45) is 0.702. The second kappa shape index (κ2) is 6.01. The summed E-state index contributed by atoms with van der Waals surface area (Å²) < 4.78 is 0. The summed E-state index contributed by atoms with van der Waals surface area (Å²) >= 11 is 0. The Bertz CT molecular complexity index is 862. The van der Waals surface area contributed by atoms with Crippen LogP contribution in [-0.4, -0.2) is 29.6 Å². The Hall–Kier alpha value is -2.66. The van der Waals surface area contributed by atoms with Crippen LogP contribution in [0.2, 0.25) is 0 Å². The number of amides is 2. The van der Waals surface area contributed by atoms with E-state index in [9.17, 15) is 14.7 Å². The highest BCUT2D eigenvalue weighted by Gasteiger charge is 2.32. The molecule has 1 aliphatic heterocycles. The van der Waals surface area contributed by atoms with Gasteiger partial charge in [-0.1, -0.05) is 24.3 Å². The van der Waals surface area contributed by atoms with Crippen molar-refractivity contribution in [2.75, 3.05) is 11.4 Å². The lowest BCUT2D eigenvalue weighted by Crippen LogP contribution is -2.33. The van der Waals surface area contributed by atoms with E-state index in [2.05, 4.69) is 5.32 Å². The molecule has 0 aromatic heterocycles. The Morgan fingerprint density at radius 1 is 1.16 bits per heavy atom. The Morgan fingerprint density at radius 2 is 1.96 bits per heavy atom. The molecular formula is C20H20N2O3. The molecular weight excluding hydrogens is 316 g/mol. The van der Waals surface area contributed by atoms with Crippen LogP contribution in [-0.2, 0) is 17.6 Å². The maximum Gasteiger partial charge on any atom is 0.251 e. The lowest BCUT2D eigenvalue weighted by atomic mass is 10.1. The van der Waals surface area contributed by atoms with Gasteiger partial charge in [-0.15, -0.1) is 0 Å². The van der Waals surface area contributed by atoms with Crippen molar-refractivity contribution in [3.05, 3.63) is 64.7 Å². The summed E-state index contributed by atoms with van der Waals surface area (Å²) in [5.74, 6) is -0.188. The summed E-state index contributed by atoms with van der Waals surface area (Å²) in [7, 11) is 0. The highest BCUT2D eigenvalue weighted by molar-refractivity contribution is 5.98. The van der Waals surface area contributed by atoms with E-state index in [-0.39, 0.29) is 17.9 Å². The molecule has 2 aromatic carbocycles. The largest absolute Gasteiger partial charge is 0.390 e. The average molecular weight is 336 g/mol. The van der Waals surface area contributed by atoms with Crippen molar-refractivity contribution in [3.8, 4) is 0 Å². The first-order valence-electron chi connectivity index (χ1n) is 8.52. The van der Waals surface area contributed by atoms with Crippen LogP contribution < -0.4 is 10.2 Å². The number of aliphatic hydroxyl groups is 1. The van der Waals surface area contributed by atoms with E-state index in [1.165, 1.54) is 0 Å². The number of aliphatic hydroxyl groups excluding tert-OH is 1. The van der Waals surface area contributed by atoms with Crippen molar-refractivity contribution in [2.45, 2.75) is 31.9 Å². The predicted octanol–water partition coefficient (Wildman–Crippen LogP) is 1.98. The number of carbonyl (C=O) groups is 2. The minimum absolute atomic E-state index is 0.0154. The monoisotopic (exact) mass is 336 g/mol. The van der Waals surface area contributed by atoms with Crippen LogP contribution in [0.15, 0.2) is 42.5 Å². The number of hydrogen-bond donors (Lipinski definition) is 2. The van der Waals surface area contributed by atoms with Crippen LogP contribution in [0.5, 0.6) is 0 Å². The van der Waals surface area contributed by atoms with Gasteiger partial charge in [-0.25, -0.2) is 0 Å². The fraction of sp³-hybridized carbons (Fsp3) is 0.300. The van der Waals surface area contributed by atoms with E-state index in [0.717, 1.165) is 28.8 Å². The van der Waals surface area contributed by atoms with Crippen molar-refractivity contribution < 1.29 is 14.7 Å². The molecule has 0 spiro atoms. The number of rotatable bonds is 2. The zero-order valence-corrected chi connectivity index (χ0v) is 14.0.